The summed E-state index contributed by atoms with van der Waals surface area (Å²) in [4.78, 5) is 11.5. The molecular formula is C14H25N3O. The zero-order chi connectivity index (χ0) is 13.8. The van der Waals surface area contributed by atoms with Crippen molar-refractivity contribution in [1.29, 1.82) is 0 Å². The van der Waals surface area contributed by atoms with Crippen LogP contribution in [0.5, 0.6) is 0 Å². The zero-order valence-corrected chi connectivity index (χ0v) is 11.8. The fraction of sp³-hybridized carbons (Fsp3) is 0.500. The molecule has 0 aliphatic rings. The average molecular weight is 251 g/mol. The summed E-state index contributed by atoms with van der Waals surface area (Å²) in [5, 5.41) is 8.87. The number of carbonyl (C=O) groups is 1. The van der Waals surface area contributed by atoms with Crippen LogP contribution >= 0.6 is 0 Å². The Morgan fingerprint density at radius 2 is 1.72 bits per heavy atom. The molecule has 3 N–H and O–H groups in total. The van der Waals surface area contributed by atoms with Crippen LogP contribution in [0.3, 0.4) is 0 Å². The Labute approximate surface area is 110 Å². The third-order valence-electron chi connectivity index (χ3n) is 2.17. The van der Waals surface area contributed by atoms with Gasteiger partial charge < -0.3 is 16.0 Å². The van der Waals surface area contributed by atoms with E-state index in [9.17, 15) is 4.79 Å². The van der Waals surface area contributed by atoms with Crippen molar-refractivity contribution in [2.75, 3.05) is 32.0 Å². The Morgan fingerprint density at radius 1 is 1.11 bits per heavy atom. The maximum atomic E-state index is 11.5. The summed E-state index contributed by atoms with van der Waals surface area (Å²) in [6, 6.07) is 7.76. The Morgan fingerprint density at radius 3 is 2.28 bits per heavy atom. The van der Waals surface area contributed by atoms with E-state index < -0.39 is 0 Å². The van der Waals surface area contributed by atoms with Crippen molar-refractivity contribution in [2.45, 2.75) is 20.8 Å². The van der Waals surface area contributed by atoms with Crippen molar-refractivity contribution in [3.05, 3.63) is 29.8 Å². The molecule has 0 saturated heterocycles. The van der Waals surface area contributed by atoms with Crippen LogP contribution in [0.15, 0.2) is 24.3 Å². The first kappa shape index (κ1) is 16.6. The molecule has 1 aromatic rings. The van der Waals surface area contributed by atoms with Crippen LogP contribution in [0.4, 0.5) is 5.69 Å². The van der Waals surface area contributed by atoms with E-state index in [-0.39, 0.29) is 5.91 Å². The van der Waals surface area contributed by atoms with Gasteiger partial charge in [0.2, 0.25) is 5.91 Å². The number of likely N-dealkylation sites (N-methyl/N-ethyl adjacent to an activating group) is 1. The monoisotopic (exact) mass is 251 g/mol. The summed E-state index contributed by atoms with van der Waals surface area (Å²) in [5.74, 6) is -0.0139. The van der Waals surface area contributed by atoms with E-state index in [0.717, 1.165) is 18.8 Å². The maximum absolute atomic E-state index is 11.5. The predicted octanol–water partition coefficient (Wildman–Crippen LogP) is 1.77. The summed E-state index contributed by atoms with van der Waals surface area (Å²) in [6.45, 7) is 8.01. The standard InChI is InChI=1S/C12H19N3O.C2H6/c1-10-3-5-11(6-4-10)15-12(16)9-14-8-7-13-2;1-2/h3-6,13-14H,7-9H2,1-2H3,(H,15,16);1-2H3. The Balaban J connectivity index is 0.00000137. The van der Waals surface area contributed by atoms with Gasteiger partial charge in [-0.15, -0.1) is 0 Å². The molecule has 1 amide bonds. The number of hydrogen-bond acceptors (Lipinski definition) is 3. The van der Waals surface area contributed by atoms with Crippen molar-refractivity contribution < 1.29 is 4.79 Å². The van der Waals surface area contributed by atoms with Crippen LogP contribution in [0.1, 0.15) is 19.4 Å². The summed E-state index contributed by atoms with van der Waals surface area (Å²) < 4.78 is 0. The highest BCUT2D eigenvalue weighted by atomic mass is 16.1. The van der Waals surface area contributed by atoms with Gasteiger partial charge in [0, 0.05) is 18.8 Å². The number of nitrogens with one attached hydrogen (secondary N) is 3. The predicted molar refractivity (Wildman–Crippen MR) is 78.0 cm³/mol. The van der Waals surface area contributed by atoms with Crippen molar-refractivity contribution in [1.82, 2.24) is 10.6 Å². The SMILES string of the molecule is CC.CNCCNCC(=O)Nc1ccc(C)cc1. The lowest BCUT2D eigenvalue weighted by Gasteiger charge is -2.06. The molecule has 0 radical (unpaired) electrons. The van der Waals surface area contributed by atoms with Crippen molar-refractivity contribution >= 4 is 11.6 Å². The number of carbonyl (C=O) groups excluding carboxylic acids is 1. The number of aryl methyl sites for hydroxylation is 1. The molecule has 0 fully saturated rings. The Bertz CT molecular complexity index is 322. The van der Waals surface area contributed by atoms with Crippen LogP contribution in [-0.2, 0) is 4.79 Å². The molecule has 0 spiro atoms. The number of amides is 1. The highest BCUT2D eigenvalue weighted by Gasteiger charge is 2.00. The van der Waals surface area contributed by atoms with Gasteiger partial charge in [0.1, 0.15) is 0 Å². The van der Waals surface area contributed by atoms with E-state index in [1.807, 2.05) is 52.1 Å². The lowest BCUT2D eigenvalue weighted by Crippen LogP contribution is -2.32. The highest BCUT2D eigenvalue weighted by molar-refractivity contribution is 5.92. The fourth-order valence-corrected chi connectivity index (χ4v) is 1.26. The number of benzene rings is 1. The summed E-state index contributed by atoms with van der Waals surface area (Å²) >= 11 is 0. The van der Waals surface area contributed by atoms with Gasteiger partial charge in [-0.05, 0) is 26.1 Å². The lowest BCUT2D eigenvalue weighted by atomic mass is 10.2. The van der Waals surface area contributed by atoms with Crippen LogP contribution in [-0.4, -0.2) is 32.6 Å². The molecule has 0 aliphatic heterocycles. The third kappa shape index (κ3) is 7.81. The van der Waals surface area contributed by atoms with Gasteiger partial charge in [-0.3, -0.25) is 4.79 Å². The smallest absolute Gasteiger partial charge is 0.238 e. The summed E-state index contributed by atoms with van der Waals surface area (Å²) in [6.07, 6.45) is 0. The molecule has 18 heavy (non-hydrogen) atoms. The van der Waals surface area contributed by atoms with Gasteiger partial charge in [-0.25, -0.2) is 0 Å². The molecule has 4 heteroatoms. The van der Waals surface area contributed by atoms with Gasteiger partial charge in [0.15, 0.2) is 0 Å². The van der Waals surface area contributed by atoms with Gasteiger partial charge in [-0.1, -0.05) is 31.5 Å². The molecule has 0 aliphatic carbocycles. The van der Waals surface area contributed by atoms with E-state index in [1.54, 1.807) is 0 Å². The van der Waals surface area contributed by atoms with Crippen molar-refractivity contribution in [3.8, 4) is 0 Å². The minimum absolute atomic E-state index is 0.0139. The summed E-state index contributed by atoms with van der Waals surface area (Å²) in [5.41, 5.74) is 2.02. The van der Waals surface area contributed by atoms with Crippen LogP contribution < -0.4 is 16.0 Å². The van der Waals surface area contributed by atoms with E-state index in [1.165, 1.54) is 5.56 Å². The second kappa shape index (κ2) is 10.7. The first-order valence-corrected chi connectivity index (χ1v) is 6.44. The van der Waals surface area contributed by atoms with E-state index in [0.29, 0.717) is 6.54 Å². The first-order valence-electron chi connectivity index (χ1n) is 6.44. The van der Waals surface area contributed by atoms with Crippen LogP contribution in [0.25, 0.3) is 0 Å². The molecule has 0 unspecified atom stereocenters. The van der Waals surface area contributed by atoms with Crippen LogP contribution in [0, 0.1) is 6.92 Å². The quantitative estimate of drug-likeness (QED) is 0.675. The molecule has 0 bridgehead atoms. The molecule has 1 aromatic carbocycles. The number of hydrogen-bond donors (Lipinski definition) is 3. The maximum Gasteiger partial charge on any atom is 0.238 e. The molecule has 1 rings (SSSR count). The molecule has 0 heterocycles. The minimum Gasteiger partial charge on any atom is -0.325 e. The molecular weight excluding hydrogens is 226 g/mol. The van der Waals surface area contributed by atoms with Gasteiger partial charge in [-0.2, -0.15) is 0 Å². The lowest BCUT2D eigenvalue weighted by molar-refractivity contribution is -0.115. The normalized spacial score (nSPS) is 9.33. The molecule has 102 valence electrons. The first-order chi connectivity index (χ1) is 8.72. The molecule has 0 atom stereocenters. The third-order valence-corrected chi connectivity index (χ3v) is 2.17. The number of anilines is 1. The van der Waals surface area contributed by atoms with E-state index in [2.05, 4.69) is 16.0 Å². The molecule has 0 saturated carbocycles. The van der Waals surface area contributed by atoms with Gasteiger partial charge in [0.25, 0.3) is 0 Å². The Hall–Kier alpha value is -1.39. The Kier molecular flexibility index (Phi) is 9.91. The minimum atomic E-state index is -0.0139. The molecule has 4 nitrogen and oxygen atoms in total. The summed E-state index contributed by atoms with van der Waals surface area (Å²) in [7, 11) is 1.88. The fourth-order valence-electron chi connectivity index (χ4n) is 1.26. The highest BCUT2D eigenvalue weighted by Crippen LogP contribution is 2.07. The van der Waals surface area contributed by atoms with E-state index in [4.69, 9.17) is 0 Å². The largest absolute Gasteiger partial charge is 0.325 e. The van der Waals surface area contributed by atoms with Crippen molar-refractivity contribution in [3.63, 3.8) is 0 Å². The second-order valence-electron chi connectivity index (χ2n) is 3.69. The van der Waals surface area contributed by atoms with Gasteiger partial charge >= 0.3 is 0 Å². The van der Waals surface area contributed by atoms with Crippen LogP contribution in [0.2, 0.25) is 0 Å². The molecule has 0 aromatic heterocycles. The zero-order valence-electron chi connectivity index (χ0n) is 11.8. The van der Waals surface area contributed by atoms with E-state index >= 15 is 0 Å². The topological polar surface area (TPSA) is 53.2 Å². The van der Waals surface area contributed by atoms with Crippen molar-refractivity contribution in [2.24, 2.45) is 0 Å². The average Bonchev–Trinajstić information content (AvgIpc) is 2.40. The van der Waals surface area contributed by atoms with Gasteiger partial charge in [0.05, 0.1) is 6.54 Å². The number of rotatable bonds is 6. The second-order valence-corrected chi connectivity index (χ2v) is 3.69.